The monoisotopic (exact) mass is 233 g/mol. The Morgan fingerprint density at radius 2 is 2.06 bits per heavy atom. The van der Waals surface area contributed by atoms with Gasteiger partial charge in [0.25, 0.3) is 0 Å². The fraction of sp³-hybridized carbons (Fsp3) is 0.600. The topological polar surface area (TPSA) is 21.3 Å². The Morgan fingerprint density at radius 1 is 1.29 bits per heavy atom. The first-order chi connectivity index (χ1) is 8.29. The number of nitrogens with one attached hydrogen (secondary N) is 1. The molecule has 1 N–H and O–H groups in total. The molecule has 1 aliphatic heterocycles. The van der Waals surface area contributed by atoms with Gasteiger partial charge in [-0.1, -0.05) is 13.0 Å². The number of hydrogen-bond acceptors (Lipinski definition) is 2. The zero-order valence-electron chi connectivity index (χ0n) is 11.0. The number of aryl methyl sites for hydroxylation is 2. The highest BCUT2D eigenvalue weighted by molar-refractivity contribution is 5.48. The lowest BCUT2D eigenvalue weighted by Gasteiger charge is -2.22. The zero-order valence-corrected chi connectivity index (χ0v) is 11.0. The maximum atomic E-state index is 5.38. The summed E-state index contributed by atoms with van der Waals surface area (Å²) < 4.78 is 5.38. The molecule has 0 bridgehead atoms. The van der Waals surface area contributed by atoms with Crippen molar-refractivity contribution < 1.29 is 4.74 Å². The van der Waals surface area contributed by atoms with Crippen molar-refractivity contribution in [2.45, 2.75) is 33.1 Å². The van der Waals surface area contributed by atoms with Crippen LogP contribution in [0.5, 0.6) is 0 Å². The van der Waals surface area contributed by atoms with Gasteiger partial charge in [-0.3, -0.25) is 0 Å². The van der Waals surface area contributed by atoms with Gasteiger partial charge in [-0.15, -0.1) is 0 Å². The van der Waals surface area contributed by atoms with Crippen molar-refractivity contribution in [1.29, 1.82) is 0 Å². The van der Waals surface area contributed by atoms with Gasteiger partial charge in [0.15, 0.2) is 0 Å². The minimum Gasteiger partial charge on any atom is -0.385 e. The third-order valence-electron chi connectivity index (χ3n) is 3.67. The van der Waals surface area contributed by atoms with E-state index in [1.807, 2.05) is 0 Å². The van der Waals surface area contributed by atoms with Gasteiger partial charge in [0.1, 0.15) is 0 Å². The van der Waals surface area contributed by atoms with Crippen LogP contribution in [0.15, 0.2) is 18.2 Å². The minimum absolute atomic E-state index is 0.773. The lowest BCUT2D eigenvalue weighted by atomic mass is 10.00. The number of ether oxygens (including phenoxy) is 1. The van der Waals surface area contributed by atoms with Crippen molar-refractivity contribution >= 4 is 5.69 Å². The van der Waals surface area contributed by atoms with Gasteiger partial charge in [0, 0.05) is 25.4 Å². The first kappa shape index (κ1) is 12.4. The summed E-state index contributed by atoms with van der Waals surface area (Å²) in [5, 5.41) is 3.56. The zero-order chi connectivity index (χ0) is 12.1. The molecular formula is C15H23NO. The molecule has 0 unspecified atom stereocenters. The Bertz CT molecular complexity index is 356. The van der Waals surface area contributed by atoms with E-state index >= 15 is 0 Å². The predicted molar refractivity (Wildman–Crippen MR) is 72.6 cm³/mol. The van der Waals surface area contributed by atoms with Crippen LogP contribution in [0.25, 0.3) is 0 Å². The molecule has 1 aromatic carbocycles. The molecule has 0 saturated carbocycles. The predicted octanol–water partition coefficient (Wildman–Crippen LogP) is 3.40. The molecular weight excluding hydrogens is 210 g/mol. The molecule has 94 valence electrons. The van der Waals surface area contributed by atoms with Gasteiger partial charge in [0.2, 0.25) is 0 Å². The Morgan fingerprint density at radius 3 is 2.76 bits per heavy atom. The lowest BCUT2D eigenvalue weighted by Crippen LogP contribution is -2.22. The molecule has 1 fully saturated rings. The van der Waals surface area contributed by atoms with Gasteiger partial charge in [-0.25, -0.2) is 0 Å². The fourth-order valence-corrected chi connectivity index (χ4v) is 2.38. The second-order valence-corrected chi connectivity index (χ2v) is 4.93. The second kappa shape index (κ2) is 6.06. The Hall–Kier alpha value is -1.02. The Labute approximate surface area is 104 Å². The van der Waals surface area contributed by atoms with Crippen LogP contribution in [-0.2, 0) is 11.2 Å². The van der Waals surface area contributed by atoms with Gasteiger partial charge < -0.3 is 10.1 Å². The molecule has 0 aromatic heterocycles. The van der Waals surface area contributed by atoms with E-state index < -0.39 is 0 Å². The summed E-state index contributed by atoms with van der Waals surface area (Å²) in [5.41, 5.74) is 4.10. The van der Waals surface area contributed by atoms with Gasteiger partial charge in [0.05, 0.1) is 0 Å². The van der Waals surface area contributed by atoms with Crippen LogP contribution >= 0.6 is 0 Å². The van der Waals surface area contributed by atoms with Crippen LogP contribution in [-0.4, -0.2) is 19.8 Å². The number of hydrogen-bond donors (Lipinski definition) is 1. The standard InChI is InChI=1S/C15H23NO/c1-3-14-10-15(5-4-12(14)2)16-11-13-6-8-17-9-7-13/h4-5,10,13,16H,3,6-9,11H2,1-2H3. The number of anilines is 1. The first-order valence-electron chi connectivity index (χ1n) is 6.70. The fourth-order valence-electron chi connectivity index (χ4n) is 2.38. The molecule has 1 saturated heterocycles. The van der Waals surface area contributed by atoms with E-state index in [4.69, 9.17) is 4.74 Å². The number of benzene rings is 1. The average molecular weight is 233 g/mol. The van der Waals surface area contributed by atoms with Crippen LogP contribution in [0.1, 0.15) is 30.9 Å². The summed E-state index contributed by atoms with van der Waals surface area (Å²) in [6.07, 6.45) is 3.50. The van der Waals surface area contributed by atoms with E-state index in [9.17, 15) is 0 Å². The highest BCUT2D eigenvalue weighted by Crippen LogP contribution is 2.19. The van der Waals surface area contributed by atoms with Crippen molar-refractivity contribution in [2.75, 3.05) is 25.1 Å². The summed E-state index contributed by atoms with van der Waals surface area (Å²) in [6.45, 7) is 7.34. The molecule has 2 heteroatoms. The summed E-state index contributed by atoms with van der Waals surface area (Å²) in [7, 11) is 0. The summed E-state index contributed by atoms with van der Waals surface area (Å²) >= 11 is 0. The molecule has 0 spiro atoms. The van der Waals surface area contributed by atoms with E-state index in [0.29, 0.717) is 0 Å². The Kier molecular flexibility index (Phi) is 4.43. The molecule has 17 heavy (non-hydrogen) atoms. The quantitative estimate of drug-likeness (QED) is 0.860. The lowest BCUT2D eigenvalue weighted by molar-refractivity contribution is 0.0699. The van der Waals surface area contributed by atoms with Crippen LogP contribution in [0.3, 0.4) is 0 Å². The first-order valence-corrected chi connectivity index (χ1v) is 6.70. The highest BCUT2D eigenvalue weighted by atomic mass is 16.5. The maximum Gasteiger partial charge on any atom is 0.0469 e. The molecule has 0 radical (unpaired) electrons. The van der Waals surface area contributed by atoms with Crippen molar-refractivity contribution in [3.8, 4) is 0 Å². The minimum atomic E-state index is 0.773. The molecule has 0 atom stereocenters. The summed E-state index contributed by atoms with van der Waals surface area (Å²) in [6, 6.07) is 6.69. The molecule has 1 heterocycles. The number of rotatable bonds is 4. The molecule has 2 nitrogen and oxygen atoms in total. The maximum absolute atomic E-state index is 5.38. The van der Waals surface area contributed by atoms with Crippen molar-refractivity contribution in [2.24, 2.45) is 5.92 Å². The normalized spacial score (nSPS) is 17.1. The third kappa shape index (κ3) is 3.47. The van der Waals surface area contributed by atoms with E-state index in [-0.39, 0.29) is 0 Å². The molecule has 2 rings (SSSR count). The van der Waals surface area contributed by atoms with E-state index in [1.54, 1.807) is 0 Å². The van der Waals surface area contributed by atoms with Gasteiger partial charge in [-0.05, 0) is 55.4 Å². The summed E-state index contributed by atoms with van der Waals surface area (Å²) in [4.78, 5) is 0. The van der Waals surface area contributed by atoms with Gasteiger partial charge >= 0.3 is 0 Å². The van der Waals surface area contributed by atoms with Crippen molar-refractivity contribution in [3.63, 3.8) is 0 Å². The van der Waals surface area contributed by atoms with Gasteiger partial charge in [-0.2, -0.15) is 0 Å². The van der Waals surface area contributed by atoms with Crippen molar-refractivity contribution in [3.05, 3.63) is 29.3 Å². The molecule has 1 aromatic rings. The average Bonchev–Trinajstić information content (AvgIpc) is 2.39. The summed E-state index contributed by atoms with van der Waals surface area (Å²) in [5.74, 6) is 0.773. The van der Waals surface area contributed by atoms with Crippen LogP contribution in [0, 0.1) is 12.8 Å². The van der Waals surface area contributed by atoms with E-state index in [0.717, 1.165) is 32.1 Å². The van der Waals surface area contributed by atoms with E-state index in [1.165, 1.54) is 29.7 Å². The van der Waals surface area contributed by atoms with Crippen molar-refractivity contribution in [1.82, 2.24) is 0 Å². The third-order valence-corrected chi connectivity index (χ3v) is 3.67. The highest BCUT2D eigenvalue weighted by Gasteiger charge is 2.13. The van der Waals surface area contributed by atoms with Crippen LogP contribution in [0.2, 0.25) is 0 Å². The van der Waals surface area contributed by atoms with E-state index in [2.05, 4.69) is 37.4 Å². The van der Waals surface area contributed by atoms with Crippen LogP contribution in [0.4, 0.5) is 5.69 Å². The smallest absolute Gasteiger partial charge is 0.0469 e. The molecule has 0 amide bonds. The Balaban J connectivity index is 1.89. The molecule has 0 aliphatic carbocycles. The molecule has 1 aliphatic rings. The SMILES string of the molecule is CCc1cc(NCC2CCOCC2)ccc1C. The second-order valence-electron chi connectivity index (χ2n) is 4.93. The van der Waals surface area contributed by atoms with Crippen LogP contribution < -0.4 is 5.32 Å². The largest absolute Gasteiger partial charge is 0.385 e.